The molecule has 3 N–H and O–H groups in total. The van der Waals surface area contributed by atoms with E-state index in [1.165, 1.54) is 0 Å². The van der Waals surface area contributed by atoms with Gasteiger partial charge in [0, 0.05) is 36.4 Å². The molecule has 1 aromatic carbocycles. The second kappa shape index (κ2) is 7.17. The highest BCUT2D eigenvalue weighted by molar-refractivity contribution is 9.10. The quantitative estimate of drug-likeness (QED) is 0.685. The van der Waals surface area contributed by atoms with Gasteiger partial charge in [-0.15, -0.1) is 0 Å². The molecule has 21 heavy (non-hydrogen) atoms. The molecule has 0 bridgehead atoms. The Balaban J connectivity index is 2.09. The fraction of sp³-hybridized carbons (Fsp3) is 0.308. The van der Waals surface area contributed by atoms with Gasteiger partial charge in [-0.1, -0.05) is 6.07 Å². The number of halogens is 1. The standard InChI is InChI=1S/C13H17BrN4O2S/c1-15-9-10-2-3-11(14)12(8-10)21(19,20)18-5-4-13-16-6-7-17-13/h2-3,6-8,15,18H,4-5,9H2,1H3,(H,16,17). The van der Waals surface area contributed by atoms with Gasteiger partial charge in [-0.2, -0.15) is 0 Å². The number of nitrogens with zero attached hydrogens (tertiary/aromatic N) is 1. The van der Waals surface area contributed by atoms with E-state index in [1.54, 1.807) is 24.5 Å². The monoisotopic (exact) mass is 372 g/mol. The number of aromatic amines is 1. The minimum Gasteiger partial charge on any atom is -0.349 e. The van der Waals surface area contributed by atoms with Crippen LogP contribution in [0.1, 0.15) is 11.4 Å². The first-order valence-electron chi connectivity index (χ1n) is 6.44. The van der Waals surface area contributed by atoms with E-state index in [0.717, 1.165) is 11.4 Å². The van der Waals surface area contributed by atoms with Crippen LogP contribution in [0.2, 0.25) is 0 Å². The van der Waals surface area contributed by atoms with Gasteiger partial charge in [0.1, 0.15) is 5.82 Å². The molecule has 0 radical (unpaired) electrons. The molecule has 0 saturated heterocycles. The molecule has 1 heterocycles. The molecule has 1 aromatic heterocycles. The fourth-order valence-corrected chi connectivity index (χ4v) is 3.93. The topological polar surface area (TPSA) is 86.9 Å². The van der Waals surface area contributed by atoms with Crippen LogP contribution in [-0.2, 0) is 23.0 Å². The molecule has 0 atom stereocenters. The molecule has 2 rings (SSSR count). The minimum absolute atomic E-state index is 0.245. The third-order valence-electron chi connectivity index (χ3n) is 2.87. The Kier molecular flexibility index (Phi) is 5.51. The maximum absolute atomic E-state index is 12.3. The molecular formula is C13H17BrN4O2S. The van der Waals surface area contributed by atoms with Crippen LogP contribution in [-0.4, -0.2) is 32.0 Å². The fourth-order valence-electron chi connectivity index (χ4n) is 1.88. The predicted octanol–water partition coefficient (Wildman–Crippen LogP) is 1.41. The zero-order chi connectivity index (χ0) is 15.3. The number of aromatic nitrogens is 2. The van der Waals surface area contributed by atoms with Crippen LogP contribution in [0.3, 0.4) is 0 Å². The van der Waals surface area contributed by atoms with Crippen molar-refractivity contribution in [3.8, 4) is 0 Å². The molecular weight excluding hydrogens is 356 g/mol. The van der Waals surface area contributed by atoms with Gasteiger partial charge >= 0.3 is 0 Å². The van der Waals surface area contributed by atoms with E-state index in [9.17, 15) is 8.42 Å². The van der Waals surface area contributed by atoms with Crippen molar-refractivity contribution in [2.45, 2.75) is 17.9 Å². The second-order valence-electron chi connectivity index (χ2n) is 4.48. The maximum atomic E-state index is 12.3. The Hall–Kier alpha value is -1.22. The average Bonchev–Trinajstić information content (AvgIpc) is 2.94. The minimum atomic E-state index is -3.55. The van der Waals surface area contributed by atoms with Crippen LogP contribution in [0.15, 0.2) is 40.0 Å². The van der Waals surface area contributed by atoms with Crippen molar-refractivity contribution in [2.24, 2.45) is 0 Å². The van der Waals surface area contributed by atoms with Crippen LogP contribution in [0.5, 0.6) is 0 Å². The Labute approximate surface area is 132 Å². The summed E-state index contributed by atoms with van der Waals surface area (Å²) < 4.78 is 27.8. The number of hydrogen-bond donors (Lipinski definition) is 3. The molecule has 6 nitrogen and oxygen atoms in total. The normalized spacial score (nSPS) is 11.7. The number of hydrogen-bond acceptors (Lipinski definition) is 4. The lowest BCUT2D eigenvalue weighted by Crippen LogP contribution is -2.26. The lowest BCUT2D eigenvalue weighted by atomic mass is 10.2. The van der Waals surface area contributed by atoms with Crippen molar-refractivity contribution in [1.29, 1.82) is 0 Å². The van der Waals surface area contributed by atoms with Crippen molar-refractivity contribution < 1.29 is 8.42 Å². The summed E-state index contributed by atoms with van der Waals surface area (Å²) in [5.41, 5.74) is 0.909. The number of imidazole rings is 1. The number of H-pyrrole nitrogens is 1. The van der Waals surface area contributed by atoms with E-state index in [-0.39, 0.29) is 4.90 Å². The summed E-state index contributed by atoms with van der Waals surface area (Å²) in [6.45, 7) is 0.904. The van der Waals surface area contributed by atoms with E-state index in [4.69, 9.17) is 0 Å². The lowest BCUT2D eigenvalue weighted by Gasteiger charge is -2.10. The van der Waals surface area contributed by atoms with Crippen molar-refractivity contribution in [2.75, 3.05) is 13.6 Å². The molecule has 0 spiro atoms. The van der Waals surface area contributed by atoms with Crippen LogP contribution < -0.4 is 10.0 Å². The number of nitrogens with one attached hydrogen (secondary N) is 3. The van der Waals surface area contributed by atoms with Gasteiger partial charge in [0.15, 0.2) is 0 Å². The summed E-state index contributed by atoms with van der Waals surface area (Å²) in [5, 5.41) is 3.00. The van der Waals surface area contributed by atoms with Gasteiger partial charge in [0.2, 0.25) is 10.0 Å². The molecule has 114 valence electrons. The van der Waals surface area contributed by atoms with E-state index in [2.05, 4.69) is 35.9 Å². The SMILES string of the molecule is CNCc1ccc(Br)c(S(=O)(=O)NCCc2ncc[nH]2)c1. The van der Waals surface area contributed by atoms with E-state index in [1.807, 2.05) is 13.1 Å². The molecule has 0 unspecified atom stereocenters. The van der Waals surface area contributed by atoms with Gasteiger partial charge < -0.3 is 10.3 Å². The summed E-state index contributed by atoms with van der Waals surface area (Å²) in [6, 6.07) is 5.28. The maximum Gasteiger partial charge on any atom is 0.241 e. The van der Waals surface area contributed by atoms with E-state index in [0.29, 0.717) is 24.0 Å². The third-order valence-corrected chi connectivity index (χ3v) is 5.33. The lowest BCUT2D eigenvalue weighted by molar-refractivity contribution is 0.580. The Bertz CT molecular complexity index is 686. The van der Waals surface area contributed by atoms with Gasteiger partial charge in [-0.3, -0.25) is 0 Å². The summed E-state index contributed by atoms with van der Waals surface area (Å²) in [6.07, 6.45) is 3.86. The first-order valence-corrected chi connectivity index (χ1v) is 8.71. The average molecular weight is 373 g/mol. The zero-order valence-corrected chi connectivity index (χ0v) is 14.0. The Morgan fingerprint density at radius 1 is 1.38 bits per heavy atom. The summed E-state index contributed by atoms with van der Waals surface area (Å²) in [4.78, 5) is 7.24. The molecule has 0 saturated carbocycles. The second-order valence-corrected chi connectivity index (χ2v) is 7.07. The van der Waals surface area contributed by atoms with Crippen LogP contribution in [0.4, 0.5) is 0 Å². The highest BCUT2D eigenvalue weighted by Gasteiger charge is 2.17. The van der Waals surface area contributed by atoms with Gasteiger partial charge in [0.05, 0.1) is 4.90 Å². The Morgan fingerprint density at radius 2 is 2.19 bits per heavy atom. The van der Waals surface area contributed by atoms with Crippen LogP contribution in [0, 0.1) is 0 Å². The van der Waals surface area contributed by atoms with Crippen molar-refractivity contribution >= 4 is 26.0 Å². The predicted molar refractivity (Wildman–Crippen MR) is 84.4 cm³/mol. The van der Waals surface area contributed by atoms with Crippen LogP contribution >= 0.6 is 15.9 Å². The molecule has 0 aliphatic carbocycles. The summed E-state index contributed by atoms with van der Waals surface area (Å²) in [5.74, 6) is 0.751. The van der Waals surface area contributed by atoms with E-state index >= 15 is 0 Å². The molecule has 0 amide bonds. The number of rotatable bonds is 7. The van der Waals surface area contributed by atoms with Crippen LogP contribution in [0.25, 0.3) is 0 Å². The van der Waals surface area contributed by atoms with Crippen molar-refractivity contribution in [3.63, 3.8) is 0 Å². The summed E-state index contributed by atoms with van der Waals surface area (Å²) >= 11 is 3.29. The summed E-state index contributed by atoms with van der Waals surface area (Å²) in [7, 11) is -1.73. The van der Waals surface area contributed by atoms with Gasteiger partial charge in [-0.05, 0) is 40.7 Å². The molecule has 2 aromatic rings. The van der Waals surface area contributed by atoms with Crippen molar-refractivity contribution in [1.82, 2.24) is 20.0 Å². The number of benzene rings is 1. The molecule has 0 fully saturated rings. The van der Waals surface area contributed by atoms with Gasteiger partial charge in [0.25, 0.3) is 0 Å². The van der Waals surface area contributed by atoms with Crippen molar-refractivity contribution in [3.05, 3.63) is 46.5 Å². The van der Waals surface area contributed by atoms with Gasteiger partial charge in [-0.25, -0.2) is 18.1 Å². The smallest absolute Gasteiger partial charge is 0.241 e. The highest BCUT2D eigenvalue weighted by atomic mass is 79.9. The first-order chi connectivity index (χ1) is 10.0. The molecule has 0 aliphatic heterocycles. The molecule has 0 aliphatic rings. The molecule has 8 heteroatoms. The largest absolute Gasteiger partial charge is 0.349 e. The zero-order valence-electron chi connectivity index (χ0n) is 11.6. The highest BCUT2D eigenvalue weighted by Crippen LogP contribution is 2.23. The van der Waals surface area contributed by atoms with E-state index < -0.39 is 10.0 Å². The Morgan fingerprint density at radius 3 is 2.86 bits per heavy atom. The number of sulfonamides is 1. The third kappa shape index (κ3) is 4.37. The first kappa shape index (κ1) is 16.2.